The largest absolute Gasteiger partial charge is 0.315 e. The van der Waals surface area contributed by atoms with E-state index < -0.39 is 0 Å². The Labute approximate surface area is 108 Å². The van der Waals surface area contributed by atoms with Gasteiger partial charge in [-0.15, -0.1) is 0 Å². The van der Waals surface area contributed by atoms with Gasteiger partial charge in [0, 0.05) is 37.8 Å². The van der Waals surface area contributed by atoms with E-state index in [2.05, 4.69) is 63.8 Å². The predicted octanol–water partition coefficient (Wildman–Crippen LogP) is 1.65. The van der Waals surface area contributed by atoms with E-state index in [9.17, 15) is 0 Å². The molecule has 0 saturated carbocycles. The summed E-state index contributed by atoms with van der Waals surface area (Å²) in [5, 5.41) is 3.63. The second-order valence-corrected chi connectivity index (χ2v) is 7.51. The lowest BCUT2D eigenvalue weighted by atomic mass is 9.90. The Morgan fingerprint density at radius 2 is 1.88 bits per heavy atom. The molecular formula is C14H31N3. The van der Waals surface area contributed by atoms with Gasteiger partial charge in [-0.05, 0) is 40.3 Å². The van der Waals surface area contributed by atoms with Crippen LogP contribution < -0.4 is 5.32 Å². The third kappa shape index (κ3) is 4.57. The van der Waals surface area contributed by atoms with Gasteiger partial charge in [0.2, 0.25) is 0 Å². The first-order valence-electron chi connectivity index (χ1n) is 6.74. The topological polar surface area (TPSA) is 18.5 Å². The molecular weight excluding hydrogens is 210 g/mol. The predicted molar refractivity (Wildman–Crippen MR) is 75.5 cm³/mol. The highest BCUT2D eigenvalue weighted by Crippen LogP contribution is 2.26. The number of hydrogen-bond donors (Lipinski definition) is 1. The maximum atomic E-state index is 3.63. The standard InChI is InChI=1S/C14H31N3/c1-13(2,3)17-11-14(4,5)10-15-8-12(17)9-16(6)7/h12,15H,8-11H2,1-7H3. The van der Waals surface area contributed by atoms with Crippen LogP contribution in [0.2, 0.25) is 0 Å². The average molecular weight is 241 g/mol. The zero-order valence-corrected chi connectivity index (χ0v) is 12.8. The molecule has 3 heteroatoms. The lowest BCUT2D eigenvalue weighted by Gasteiger charge is -2.44. The summed E-state index contributed by atoms with van der Waals surface area (Å²) in [4.78, 5) is 4.97. The van der Waals surface area contributed by atoms with Gasteiger partial charge in [-0.2, -0.15) is 0 Å². The summed E-state index contributed by atoms with van der Waals surface area (Å²) >= 11 is 0. The molecule has 1 saturated heterocycles. The summed E-state index contributed by atoms with van der Waals surface area (Å²) in [7, 11) is 4.33. The Hall–Kier alpha value is -0.120. The van der Waals surface area contributed by atoms with Gasteiger partial charge in [0.1, 0.15) is 0 Å². The SMILES string of the molecule is CN(C)CC1CNCC(C)(C)CN1C(C)(C)C. The normalized spacial score (nSPS) is 27.2. The maximum Gasteiger partial charge on any atom is 0.0353 e. The van der Waals surface area contributed by atoms with Crippen LogP contribution in [0.3, 0.4) is 0 Å². The summed E-state index contributed by atoms with van der Waals surface area (Å²) in [5.74, 6) is 0. The molecule has 0 amide bonds. The first-order chi connectivity index (χ1) is 7.62. The molecule has 0 aromatic heterocycles. The van der Waals surface area contributed by atoms with E-state index in [0.717, 1.165) is 19.6 Å². The Bertz CT molecular complexity index is 240. The first kappa shape index (κ1) is 14.9. The van der Waals surface area contributed by atoms with Crippen molar-refractivity contribution < 1.29 is 0 Å². The van der Waals surface area contributed by atoms with E-state index in [4.69, 9.17) is 0 Å². The Morgan fingerprint density at radius 3 is 2.35 bits per heavy atom. The fourth-order valence-corrected chi connectivity index (χ4v) is 2.70. The molecule has 1 heterocycles. The number of nitrogens with one attached hydrogen (secondary N) is 1. The summed E-state index contributed by atoms with van der Waals surface area (Å²) in [6, 6.07) is 0.603. The average Bonchev–Trinajstić information content (AvgIpc) is 2.23. The molecule has 0 spiro atoms. The zero-order valence-electron chi connectivity index (χ0n) is 12.8. The second-order valence-electron chi connectivity index (χ2n) is 7.51. The highest BCUT2D eigenvalue weighted by Gasteiger charge is 2.36. The molecule has 0 radical (unpaired) electrons. The van der Waals surface area contributed by atoms with Crippen LogP contribution in [0.5, 0.6) is 0 Å². The molecule has 1 N–H and O–H groups in total. The van der Waals surface area contributed by atoms with Crippen molar-refractivity contribution in [1.82, 2.24) is 15.1 Å². The summed E-state index contributed by atoms with van der Waals surface area (Å²) < 4.78 is 0. The Balaban J connectivity index is 2.86. The fourth-order valence-electron chi connectivity index (χ4n) is 2.70. The van der Waals surface area contributed by atoms with Crippen molar-refractivity contribution in [3.8, 4) is 0 Å². The van der Waals surface area contributed by atoms with E-state index in [1.807, 2.05) is 0 Å². The Kier molecular flexibility index (Phi) is 4.61. The van der Waals surface area contributed by atoms with E-state index in [-0.39, 0.29) is 5.54 Å². The van der Waals surface area contributed by atoms with Crippen molar-refractivity contribution in [2.45, 2.75) is 46.2 Å². The van der Waals surface area contributed by atoms with Crippen molar-refractivity contribution in [2.75, 3.05) is 40.3 Å². The van der Waals surface area contributed by atoms with Gasteiger partial charge in [0.25, 0.3) is 0 Å². The molecule has 1 unspecified atom stereocenters. The molecule has 0 aromatic carbocycles. The van der Waals surface area contributed by atoms with Crippen LogP contribution in [0.25, 0.3) is 0 Å². The van der Waals surface area contributed by atoms with Gasteiger partial charge >= 0.3 is 0 Å². The van der Waals surface area contributed by atoms with Gasteiger partial charge in [0.05, 0.1) is 0 Å². The summed E-state index contributed by atoms with van der Waals surface area (Å²) in [6.45, 7) is 16.2. The summed E-state index contributed by atoms with van der Waals surface area (Å²) in [6.07, 6.45) is 0. The minimum Gasteiger partial charge on any atom is -0.315 e. The molecule has 1 atom stereocenters. The number of likely N-dealkylation sites (N-methyl/N-ethyl adjacent to an activating group) is 1. The molecule has 1 rings (SSSR count). The van der Waals surface area contributed by atoms with Crippen molar-refractivity contribution in [1.29, 1.82) is 0 Å². The second kappa shape index (κ2) is 5.25. The molecule has 0 aliphatic carbocycles. The van der Waals surface area contributed by atoms with Gasteiger partial charge < -0.3 is 10.2 Å². The maximum absolute atomic E-state index is 3.63. The van der Waals surface area contributed by atoms with Gasteiger partial charge in [-0.25, -0.2) is 0 Å². The lowest BCUT2D eigenvalue weighted by Crippen LogP contribution is -2.55. The number of nitrogens with zero attached hydrogens (tertiary/aromatic N) is 2. The van der Waals surface area contributed by atoms with Crippen LogP contribution in [-0.4, -0.2) is 61.7 Å². The quantitative estimate of drug-likeness (QED) is 0.793. The molecule has 1 aliphatic heterocycles. The molecule has 102 valence electrons. The van der Waals surface area contributed by atoms with Gasteiger partial charge in [-0.1, -0.05) is 13.8 Å². The minimum absolute atomic E-state index is 0.240. The highest BCUT2D eigenvalue weighted by atomic mass is 15.3. The molecule has 17 heavy (non-hydrogen) atoms. The van der Waals surface area contributed by atoms with E-state index in [0.29, 0.717) is 11.5 Å². The number of rotatable bonds is 2. The van der Waals surface area contributed by atoms with Gasteiger partial charge in [0.15, 0.2) is 0 Å². The molecule has 3 nitrogen and oxygen atoms in total. The van der Waals surface area contributed by atoms with Crippen LogP contribution in [0, 0.1) is 5.41 Å². The molecule has 0 aromatic rings. The van der Waals surface area contributed by atoms with E-state index in [1.54, 1.807) is 0 Å². The third-order valence-electron chi connectivity index (χ3n) is 3.46. The number of hydrogen-bond acceptors (Lipinski definition) is 3. The lowest BCUT2D eigenvalue weighted by molar-refractivity contribution is 0.0482. The van der Waals surface area contributed by atoms with Crippen LogP contribution in [0.4, 0.5) is 0 Å². The fraction of sp³-hybridized carbons (Fsp3) is 1.00. The minimum atomic E-state index is 0.240. The first-order valence-corrected chi connectivity index (χ1v) is 6.74. The van der Waals surface area contributed by atoms with Crippen LogP contribution >= 0.6 is 0 Å². The smallest absolute Gasteiger partial charge is 0.0353 e. The molecule has 1 fully saturated rings. The third-order valence-corrected chi connectivity index (χ3v) is 3.46. The van der Waals surface area contributed by atoms with Crippen molar-refractivity contribution in [3.63, 3.8) is 0 Å². The van der Waals surface area contributed by atoms with E-state index >= 15 is 0 Å². The zero-order chi connectivity index (χ0) is 13.3. The summed E-state index contributed by atoms with van der Waals surface area (Å²) in [5.41, 5.74) is 0.596. The van der Waals surface area contributed by atoms with Crippen LogP contribution in [-0.2, 0) is 0 Å². The van der Waals surface area contributed by atoms with Crippen molar-refractivity contribution in [3.05, 3.63) is 0 Å². The monoisotopic (exact) mass is 241 g/mol. The van der Waals surface area contributed by atoms with Gasteiger partial charge in [-0.3, -0.25) is 4.90 Å². The Morgan fingerprint density at radius 1 is 1.29 bits per heavy atom. The molecule has 0 bridgehead atoms. The van der Waals surface area contributed by atoms with E-state index in [1.165, 1.54) is 6.54 Å². The van der Waals surface area contributed by atoms with Crippen molar-refractivity contribution >= 4 is 0 Å². The van der Waals surface area contributed by atoms with Crippen LogP contribution in [0.1, 0.15) is 34.6 Å². The van der Waals surface area contributed by atoms with Crippen molar-refractivity contribution in [2.24, 2.45) is 5.41 Å². The highest BCUT2D eigenvalue weighted by molar-refractivity contribution is 4.92. The molecule has 1 aliphatic rings. The van der Waals surface area contributed by atoms with Crippen LogP contribution in [0.15, 0.2) is 0 Å².